The van der Waals surface area contributed by atoms with Gasteiger partial charge in [0.1, 0.15) is 0 Å². The molecule has 5 rings (SSSR count). The molecule has 1 N–H and O–H groups in total. The Bertz CT molecular complexity index is 1150. The number of pyridine rings is 1. The Kier molecular flexibility index (Phi) is 5.61. The van der Waals surface area contributed by atoms with Crippen molar-refractivity contribution in [1.82, 2.24) is 14.9 Å². The topological polar surface area (TPSA) is 31.9 Å². The highest BCUT2D eigenvalue weighted by Crippen LogP contribution is 2.33. The second-order valence-corrected chi connectivity index (χ2v) is 9.05. The zero-order valence-electron chi connectivity index (χ0n) is 18.6. The van der Waals surface area contributed by atoms with E-state index in [1.807, 2.05) is 12.4 Å². The van der Waals surface area contributed by atoms with Crippen molar-refractivity contribution in [1.29, 1.82) is 0 Å². The molecule has 1 aliphatic heterocycles. The highest BCUT2D eigenvalue weighted by Gasteiger charge is 2.21. The predicted molar refractivity (Wildman–Crippen MR) is 130 cm³/mol. The molecule has 2 aromatic carbocycles. The molecule has 0 amide bonds. The number of hydrogen-bond donors (Lipinski definition) is 1. The molecule has 1 fully saturated rings. The van der Waals surface area contributed by atoms with Crippen molar-refractivity contribution in [3.63, 3.8) is 0 Å². The number of nitrogens with one attached hydrogen (secondary N) is 1. The number of likely N-dealkylation sites (tertiary alicyclic amines) is 1. The van der Waals surface area contributed by atoms with Crippen molar-refractivity contribution in [3.8, 4) is 11.3 Å². The number of H-pyrrole nitrogens is 1. The third kappa shape index (κ3) is 4.28. The Morgan fingerprint density at radius 1 is 0.935 bits per heavy atom. The van der Waals surface area contributed by atoms with Crippen LogP contribution in [0.25, 0.3) is 22.2 Å². The van der Waals surface area contributed by atoms with Crippen LogP contribution in [0.3, 0.4) is 0 Å². The summed E-state index contributed by atoms with van der Waals surface area (Å²) in [5.41, 5.74) is 9.37. The molecular formula is C28H31N3. The van der Waals surface area contributed by atoms with Gasteiger partial charge in [0.25, 0.3) is 0 Å². The van der Waals surface area contributed by atoms with Crippen molar-refractivity contribution in [2.45, 2.75) is 39.0 Å². The lowest BCUT2D eigenvalue weighted by atomic mass is 9.90. The SMILES string of the molecule is Cc1cc(C)cc(-c2[nH]c3ccccc3c2CCN2CCC(c3ccncc3)CC2)c1. The van der Waals surface area contributed by atoms with Crippen LogP contribution in [0.2, 0.25) is 0 Å². The highest BCUT2D eigenvalue weighted by molar-refractivity contribution is 5.91. The maximum absolute atomic E-state index is 4.17. The summed E-state index contributed by atoms with van der Waals surface area (Å²) in [5, 5.41) is 1.36. The van der Waals surface area contributed by atoms with Gasteiger partial charge < -0.3 is 9.88 Å². The minimum Gasteiger partial charge on any atom is -0.354 e. The molecule has 158 valence electrons. The molecule has 0 spiro atoms. The molecule has 3 nitrogen and oxygen atoms in total. The van der Waals surface area contributed by atoms with Gasteiger partial charge in [0.05, 0.1) is 0 Å². The summed E-state index contributed by atoms with van der Waals surface area (Å²) in [5.74, 6) is 0.679. The van der Waals surface area contributed by atoms with Crippen LogP contribution in [0.15, 0.2) is 67.0 Å². The van der Waals surface area contributed by atoms with Crippen LogP contribution >= 0.6 is 0 Å². The van der Waals surface area contributed by atoms with Crippen molar-refractivity contribution < 1.29 is 0 Å². The lowest BCUT2D eigenvalue weighted by Crippen LogP contribution is -2.34. The lowest BCUT2D eigenvalue weighted by Gasteiger charge is -2.32. The van der Waals surface area contributed by atoms with Gasteiger partial charge in [-0.3, -0.25) is 4.98 Å². The van der Waals surface area contributed by atoms with Gasteiger partial charge in [-0.05, 0) is 99.1 Å². The zero-order chi connectivity index (χ0) is 21.2. The van der Waals surface area contributed by atoms with Gasteiger partial charge in [-0.25, -0.2) is 0 Å². The van der Waals surface area contributed by atoms with Crippen LogP contribution in [0, 0.1) is 13.8 Å². The fraction of sp³-hybridized carbons (Fsp3) is 0.321. The summed E-state index contributed by atoms with van der Waals surface area (Å²) < 4.78 is 0. The summed E-state index contributed by atoms with van der Waals surface area (Å²) in [4.78, 5) is 10.5. The first-order valence-electron chi connectivity index (χ1n) is 11.5. The largest absolute Gasteiger partial charge is 0.354 e. The van der Waals surface area contributed by atoms with Crippen molar-refractivity contribution in [2.75, 3.05) is 19.6 Å². The van der Waals surface area contributed by atoms with Crippen molar-refractivity contribution in [3.05, 3.63) is 89.2 Å². The van der Waals surface area contributed by atoms with Crippen LogP contribution in [0.5, 0.6) is 0 Å². The van der Waals surface area contributed by atoms with E-state index in [4.69, 9.17) is 0 Å². The molecule has 1 aliphatic rings. The standard InChI is InChI=1S/C28H31N3/c1-20-17-21(2)19-24(18-20)28-26(25-5-3-4-6-27(25)30-28)11-16-31-14-9-23(10-15-31)22-7-12-29-13-8-22/h3-8,12-13,17-19,23,30H,9-11,14-16H2,1-2H3. The van der Waals surface area contributed by atoms with E-state index >= 15 is 0 Å². The molecule has 31 heavy (non-hydrogen) atoms. The number of nitrogens with zero attached hydrogens (tertiary/aromatic N) is 2. The average Bonchev–Trinajstić information content (AvgIpc) is 3.17. The molecule has 3 heteroatoms. The zero-order valence-corrected chi connectivity index (χ0v) is 18.6. The van der Waals surface area contributed by atoms with E-state index in [1.165, 1.54) is 70.3 Å². The molecule has 0 unspecified atom stereocenters. The monoisotopic (exact) mass is 409 g/mol. The second-order valence-electron chi connectivity index (χ2n) is 9.05. The quantitative estimate of drug-likeness (QED) is 0.421. The number of aromatic amines is 1. The van der Waals surface area contributed by atoms with Gasteiger partial charge in [-0.15, -0.1) is 0 Å². The molecule has 3 heterocycles. The van der Waals surface area contributed by atoms with E-state index in [0.29, 0.717) is 5.92 Å². The number of aromatic nitrogens is 2. The minimum absolute atomic E-state index is 0.679. The summed E-state index contributed by atoms with van der Waals surface area (Å²) in [6.07, 6.45) is 7.40. The first-order valence-corrected chi connectivity index (χ1v) is 11.5. The molecule has 4 aromatic rings. The molecule has 0 bridgehead atoms. The summed E-state index contributed by atoms with van der Waals surface area (Å²) in [7, 11) is 0. The van der Waals surface area contributed by atoms with Crippen molar-refractivity contribution >= 4 is 10.9 Å². The Labute approximate surface area is 185 Å². The minimum atomic E-state index is 0.679. The normalized spacial score (nSPS) is 15.5. The van der Waals surface area contributed by atoms with Gasteiger partial charge >= 0.3 is 0 Å². The Balaban J connectivity index is 1.35. The molecular weight excluding hydrogens is 378 g/mol. The average molecular weight is 410 g/mol. The van der Waals surface area contributed by atoms with Crippen LogP contribution in [-0.2, 0) is 6.42 Å². The van der Waals surface area contributed by atoms with Gasteiger partial charge in [-0.2, -0.15) is 0 Å². The number of para-hydroxylation sites is 1. The number of rotatable bonds is 5. The third-order valence-corrected chi connectivity index (χ3v) is 6.77. The Hall–Kier alpha value is -2.91. The van der Waals surface area contributed by atoms with Gasteiger partial charge in [0, 0.05) is 35.5 Å². The van der Waals surface area contributed by atoms with Crippen LogP contribution in [0.4, 0.5) is 0 Å². The molecule has 0 aliphatic carbocycles. The Morgan fingerprint density at radius 2 is 1.65 bits per heavy atom. The smallest absolute Gasteiger partial charge is 0.0498 e. The van der Waals surface area contributed by atoms with Gasteiger partial charge in [-0.1, -0.05) is 35.4 Å². The predicted octanol–water partition coefficient (Wildman–Crippen LogP) is 6.27. The van der Waals surface area contributed by atoms with E-state index in [-0.39, 0.29) is 0 Å². The van der Waals surface area contributed by atoms with E-state index in [2.05, 4.69) is 83.3 Å². The fourth-order valence-electron chi connectivity index (χ4n) is 5.22. The number of fused-ring (bicyclic) bond motifs is 1. The van der Waals surface area contributed by atoms with E-state index < -0.39 is 0 Å². The maximum Gasteiger partial charge on any atom is 0.0498 e. The molecule has 2 aromatic heterocycles. The highest BCUT2D eigenvalue weighted by atomic mass is 15.1. The Morgan fingerprint density at radius 3 is 2.39 bits per heavy atom. The summed E-state index contributed by atoms with van der Waals surface area (Å²) >= 11 is 0. The fourth-order valence-corrected chi connectivity index (χ4v) is 5.22. The molecule has 0 saturated carbocycles. The number of piperidine rings is 1. The van der Waals surface area contributed by atoms with E-state index in [9.17, 15) is 0 Å². The van der Waals surface area contributed by atoms with Crippen LogP contribution in [0.1, 0.15) is 41.0 Å². The van der Waals surface area contributed by atoms with Gasteiger partial charge in [0.15, 0.2) is 0 Å². The second kappa shape index (κ2) is 8.68. The van der Waals surface area contributed by atoms with E-state index in [0.717, 1.165) is 13.0 Å². The van der Waals surface area contributed by atoms with Gasteiger partial charge in [0.2, 0.25) is 0 Å². The molecule has 0 radical (unpaired) electrons. The summed E-state index contributed by atoms with van der Waals surface area (Å²) in [6, 6.07) is 20.0. The summed E-state index contributed by atoms with van der Waals surface area (Å²) in [6.45, 7) is 7.84. The number of aryl methyl sites for hydroxylation is 2. The molecule has 1 saturated heterocycles. The lowest BCUT2D eigenvalue weighted by molar-refractivity contribution is 0.215. The van der Waals surface area contributed by atoms with Crippen molar-refractivity contribution in [2.24, 2.45) is 0 Å². The third-order valence-electron chi connectivity index (χ3n) is 6.77. The first kappa shape index (κ1) is 20.0. The van der Waals surface area contributed by atoms with Crippen LogP contribution < -0.4 is 0 Å². The number of hydrogen-bond acceptors (Lipinski definition) is 2. The molecule has 0 atom stereocenters. The number of benzene rings is 2. The van der Waals surface area contributed by atoms with E-state index in [1.54, 1.807) is 0 Å². The first-order chi connectivity index (χ1) is 15.2. The van der Waals surface area contributed by atoms with Crippen LogP contribution in [-0.4, -0.2) is 34.5 Å². The maximum atomic E-state index is 4.17.